The van der Waals surface area contributed by atoms with Crippen LogP contribution in [0.4, 0.5) is 4.79 Å². The average molecular weight is 529 g/mol. The van der Waals surface area contributed by atoms with Gasteiger partial charge in [-0.2, -0.15) is 0 Å². The fourth-order valence-corrected chi connectivity index (χ4v) is 5.00. The van der Waals surface area contributed by atoms with E-state index in [0.717, 1.165) is 22.3 Å². The largest absolute Gasteiger partial charge is 0.479 e. The molecule has 1 aliphatic rings. The summed E-state index contributed by atoms with van der Waals surface area (Å²) in [5.74, 6) is -1.28. The van der Waals surface area contributed by atoms with E-state index in [-0.39, 0.29) is 24.1 Å². The highest BCUT2D eigenvalue weighted by molar-refractivity contribution is 9.10. The first-order valence-corrected chi connectivity index (χ1v) is 11.9. The smallest absolute Gasteiger partial charge is 0.410 e. The summed E-state index contributed by atoms with van der Waals surface area (Å²) in [6.07, 6.45) is -0.110. The van der Waals surface area contributed by atoms with Gasteiger partial charge in [0.05, 0.1) is 0 Å². The van der Waals surface area contributed by atoms with Crippen molar-refractivity contribution in [1.29, 1.82) is 0 Å². The van der Waals surface area contributed by atoms with Crippen molar-refractivity contribution < 1.29 is 19.4 Å². The number of carboxylic acids is 1. The predicted octanol–water partition coefficient (Wildman–Crippen LogP) is 6.89. The summed E-state index contributed by atoms with van der Waals surface area (Å²) in [7, 11) is 0. The van der Waals surface area contributed by atoms with Crippen molar-refractivity contribution in [3.05, 3.63) is 92.9 Å². The second kappa shape index (κ2) is 9.98. The molecule has 1 aliphatic carbocycles. The summed E-state index contributed by atoms with van der Waals surface area (Å²) in [4.78, 5) is 26.7. The lowest BCUT2D eigenvalue weighted by Gasteiger charge is -2.29. The van der Waals surface area contributed by atoms with Gasteiger partial charge in [-0.1, -0.05) is 83.0 Å². The molecule has 0 aromatic heterocycles. The Bertz CT molecular complexity index is 1150. The number of benzene rings is 3. The van der Waals surface area contributed by atoms with Gasteiger partial charge in [0.2, 0.25) is 0 Å². The second-order valence-corrected chi connectivity index (χ2v) is 9.23. The number of fused-ring (bicyclic) bond motifs is 3. The number of carbonyl (C=O) groups excluding carboxylic acids is 1. The maximum Gasteiger partial charge on any atom is 0.410 e. The SMILES string of the molecule is CCCN(C(=O)OCC1c2ccccc2-c2ccccc21)C(C(=O)O)c1cc(Br)ccc1Cl. The highest BCUT2D eigenvalue weighted by atomic mass is 79.9. The van der Waals surface area contributed by atoms with Crippen molar-refractivity contribution >= 4 is 39.6 Å². The Morgan fingerprint density at radius 3 is 2.24 bits per heavy atom. The summed E-state index contributed by atoms with van der Waals surface area (Å²) < 4.78 is 6.42. The topological polar surface area (TPSA) is 66.8 Å². The number of hydrogen-bond donors (Lipinski definition) is 1. The number of halogens is 2. The van der Waals surface area contributed by atoms with Crippen LogP contribution in [-0.2, 0) is 9.53 Å². The van der Waals surface area contributed by atoms with Crippen molar-refractivity contribution in [2.24, 2.45) is 0 Å². The second-order valence-electron chi connectivity index (χ2n) is 7.90. The molecule has 0 aliphatic heterocycles. The molecular weight excluding hydrogens is 506 g/mol. The number of nitrogens with zero attached hydrogens (tertiary/aromatic N) is 1. The molecule has 0 fully saturated rings. The zero-order valence-corrected chi connectivity index (χ0v) is 20.3. The predicted molar refractivity (Wildman–Crippen MR) is 132 cm³/mol. The quantitative estimate of drug-likeness (QED) is 0.363. The Balaban J connectivity index is 1.61. The number of ether oxygens (including phenoxy) is 1. The van der Waals surface area contributed by atoms with Gasteiger partial charge in [-0.05, 0) is 46.9 Å². The van der Waals surface area contributed by atoms with E-state index in [2.05, 4.69) is 28.1 Å². The fourth-order valence-electron chi connectivity index (χ4n) is 4.40. The fraction of sp³-hybridized carbons (Fsp3) is 0.231. The van der Waals surface area contributed by atoms with Crippen molar-refractivity contribution in [3.63, 3.8) is 0 Å². The minimum atomic E-state index is -1.26. The summed E-state index contributed by atoms with van der Waals surface area (Å²) in [6, 6.07) is 19.8. The van der Waals surface area contributed by atoms with Gasteiger partial charge in [0, 0.05) is 27.5 Å². The normalized spacial score (nSPS) is 13.2. The first-order valence-electron chi connectivity index (χ1n) is 10.7. The van der Waals surface area contributed by atoms with E-state index >= 15 is 0 Å². The maximum atomic E-state index is 13.2. The van der Waals surface area contributed by atoms with Crippen LogP contribution >= 0.6 is 27.5 Å². The molecule has 0 saturated heterocycles. The van der Waals surface area contributed by atoms with Crippen molar-refractivity contribution in [2.45, 2.75) is 25.3 Å². The van der Waals surface area contributed by atoms with E-state index in [4.69, 9.17) is 16.3 Å². The molecule has 0 radical (unpaired) electrons. The third-order valence-electron chi connectivity index (χ3n) is 5.83. The monoisotopic (exact) mass is 527 g/mol. The van der Waals surface area contributed by atoms with Gasteiger partial charge in [0.15, 0.2) is 6.04 Å². The molecule has 4 rings (SSSR count). The van der Waals surface area contributed by atoms with E-state index in [9.17, 15) is 14.7 Å². The van der Waals surface area contributed by atoms with Crippen LogP contribution in [0.1, 0.15) is 42.0 Å². The maximum absolute atomic E-state index is 13.2. The Kier molecular flexibility index (Phi) is 7.05. The van der Waals surface area contributed by atoms with Crippen molar-refractivity contribution in [2.75, 3.05) is 13.2 Å². The molecule has 3 aromatic rings. The van der Waals surface area contributed by atoms with Gasteiger partial charge in [-0.3, -0.25) is 4.90 Å². The summed E-state index contributed by atoms with van der Waals surface area (Å²) in [5, 5.41) is 10.3. The third-order valence-corrected chi connectivity index (χ3v) is 6.67. The van der Waals surface area contributed by atoms with E-state index in [1.165, 1.54) is 4.90 Å². The molecule has 1 unspecified atom stereocenters. The van der Waals surface area contributed by atoms with Gasteiger partial charge in [-0.25, -0.2) is 9.59 Å². The lowest BCUT2D eigenvalue weighted by molar-refractivity contribution is -0.143. The number of amides is 1. The zero-order valence-electron chi connectivity index (χ0n) is 18.0. The molecule has 170 valence electrons. The van der Waals surface area contributed by atoms with Crippen molar-refractivity contribution in [3.8, 4) is 11.1 Å². The van der Waals surface area contributed by atoms with Crippen LogP contribution in [0.15, 0.2) is 71.2 Å². The molecular formula is C26H23BrClNO4. The minimum Gasteiger partial charge on any atom is -0.479 e. The summed E-state index contributed by atoms with van der Waals surface area (Å²) in [5.41, 5.74) is 4.78. The molecule has 33 heavy (non-hydrogen) atoms. The molecule has 0 heterocycles. The molecule has 1 N–H and O–H groups in total. The van der Waals surface area contributed by atoms with Crippen LogP contribution < -0.4 is 0 Å². The van der Waals surface area contributed by atoms with Gasteiger partial charge >= 0.3 is 12.1 Å². The molecule has 3 aromatic carbocycles. The summed E-state index contributed by atoms with van der Waals surface area (Å²) >= 11 is 9.67. The van der Waals surface area contributed by atoms with E-state index < -0.39 is 18.1 Å². The van der Waals surface area contributed by atoms with Crippen LogP contribution in [0.2, 0.25) is 5.02 Å². The first kappa shape index (κ1) is 23.3. The highest BCUT2D eigenvalue weighted by Gasteiger charge is 2.35. The molecule has 0 bridgehead atoms. The Hall–Kier alpha value is -2.83. The lowest BCUT2D eigenvalue weighted by Crippen LogP contribution is -2.40. The molecule has 7 heteroatoms. The van der Waals surface area contributed by atoms with Gasteiger partial charge in [0.25, 0.3) is 0 Å². The third kappa shape index (κ3) is 4.63. The van der Waals surface area contributed by atoms with Gasteiger partial charge < -0.3 is 9.84 Å². The van der Waals surface area contributed by atoms with E-state index in [1.54, 1.807) is 18.2 Å². The highest BCUT2D eigenvalue weighted by Crippen LogP contribution is 2.44. The average Bonchev–Trinajstić information content (AvgIpc) is 3.13. The first-order chi connectivity index (χ1) is 15.9. The lowest BCUT2D eigenvalue weighted by atomic mass is 9.98. The standard InChI is InChI=1S/C26H23BrClNO4/c1-2-13-29(24(25(30)31)21-14-16(27)11-12-23(21)28)26(32)33-15-22-19-9-5-3-7-17(19)18-8-4-6-10-20(18)22/h3-12,14,22,24H,2,13,15H2,1H3,(H,30,31). The van der Waals surface area contributed by atoms with Gasteiger partial charge in [0.1, 0.15) is 6.61 Å². The number of rotatable bonds is 7. The number of aliphatic carboxylic acids is 1. The van der Waals surface area contributed by atoms with Crippen LogP contribution in [0.5, 0.6) is 0 Å². The van der Waals surface area contributed by atoms with Crippen molar-refractivity contribution in [1.82, 2.24) is 4.90 Å². The molecule has 0 spiro atoms. The Morgan fingerprint density at radius 1 is 1.06 bits per heavy atom. The minimum absolute atomic E-state index is 0.109. The number of carboxylic acid groups (broad SMARTS) is 1. The zero-order chi connectivity index (χ0) is 23.5. The van der Waals surface area contributed by atoms with Crippen LogP contribution in [0.3, 0.4) is 0 Å². The number of carbonyl (C=O) groups is 2. The molecule has 1 amide bonds. The molecule has 5 nitrogen and oxygen atoms in total. The van der Waals surface area contributed by atoms with E-state index in [1.807, 2.05) is 43.3 Å². The Morgan fingerprint density at radius 2 is 1.67 bits per heavy atom. The van der Waals surface area contributed by atoms with Crippen LogP contribution in [-0.4, -0.2) is 35.2 Å². The molecule has 0 saturated carbocycles. The van der Waals surface area contributed by atoms with E-state index in [0.29, 0.717) is 16.5 Å². The molecule has 1 atom stereocenters. The van der Waals surface area contributed by atoms with Crippen LogP contribution in [0.25, 0.3) is 11.1 Å². The summed E-state index contributed by atoms with van der Waals surface area (Å²) in [6.45, 7) is 2.22. The van der Waals surface area contributed by atoms with Crippen LogP contribution in [0, 0.1) is 0 Å². The van der Waals surface area contributed by atoms with Gasteiger partial charge in [-0.15, -0.1) is 0 Å². The Labute approximate surface area is 206 Å². The number of hydrogen-bond acceptors (Lipinski definition) is 3.